The van der Waals surface area contributed by atoms with Crippen molar-refractivity contribution < 1.29 is 0 Å². The second kappa shape index (κ2) is 3.74. The van der Waals surface area contributed by atoms with Crippen LogP contribution in [-0.4, -0.2) is 13.1 Å². The normalized spacial score (nSPS) is 16.8. The van der Waals surface area contributed by atoms with E-state index in [1.54, 1.807) is 5.56 Å². The Morgan fingerprint density at radius 3 is 2.29 bits per heavy atom. The molecule has 1 aliphatic heterocycles. The zero-order chi connectivity index (χ0) is 10.1. The van der Waals surface area contributed by atoms with Gasteiger partial charge >= 0.3 is 0 Å². The van der Waals surface area contributed by atoms with E-state index in [-0.39, 0.29) is 0 Å². The molecule has 1 N–H and O–H groups in total. The van der Waals surface area contributed by atoms with Gasteiger partial charge in [0.05, 0.1) is 0 Å². The van der Waals surface area contributed by atoms with Gasteiger partial charge in [0.25, 0.3) is 0 Å². The molecule has 14 heavy (non-hydrogen) atoms. The largest absolute Gasteiger partial charge is 0.316 e. The maximum Gasteiger partial charge on any atom is -0.000506 e. The van der Waals surface area contributed by atoms with Gasteiger partial charge in [-0.05, 0) is 68.5 Å². The summed E-state index contributed by atoms with van der Waals surface area (Å²) in [7, 11) is 0. The fourth-order valence-corrected chi connectivity index (χ4v) is 2.04. The molecule has 1 aliphatic rings. The lowest BCUT2D eigenvalue weighted by atomic mass is 9.90. The number of rotatable bonds is 2. The monoisotopic (exact) mass is 189 g/mol. The molecule has 0 saturated carbocycles. The maximum atomic E-state index is 3.33. The lowest BCUT2D eigenvalue weighted by Gasteiger charge is -2.28. The van der Waals surface area contributed by atoms with E-state index in [1.165, 1.54) is 36.2 Å². The second-order valence-electron chi connectivity index (χ2n) is 4.59. The molecule has 0 spiro atoms. The second-order valence-corrected chi connectivity index (χ2v) is 4.59. The van der Waals surface area contributed by atoms with Crippen LogP contribution >= 0.6 is 0 Å². The van der Waals surface area contributed by atoms with Crippen LogP contribution in [0.25, 0.3) is 0 Å². The lowest BCUT2D eigenvalue weighted by molar-refractivity contribution is 0.346. The molecule has 1 aromatic rings. The first-order valence-corrected chi connectivity index (χ1v) is 5.44. The Bertz CT molecular complexity index is 337. The molecule has 0 bridgehead atoms. The topological polar surface area (TPSA) is 12.0 Å². The maximum absolute atomic E-state index is 3.33. The number of aryl methyl sites for hydroxylation is 3. The first-order valence-electron chi connectivity index (χ1n) is 5.44. The molecule has 0 aliphatic carbocycles. The van der Waals surface area contributed by atoms with Crippen molar-refractivity contribution in [2.75, 3.05) is 13.1 Å². The Morgan fingerprint density at radius 1 is 1.07 bits per heavy atom. The number of hydrogen-bond donors (Lipinski definition) is 1. The summed E-state index contributed by atoms with van der Waals surface area (Å²) in [4.78, 5) is 0. The van der Waals surface area contributed by atoms with Crippen molar-refractivity contribution >= 4 is 0 Å². The van der Waals surface area contributed by atoms with Crippen molar-refractivity contribution in [1.82, 2.24) is 5.32 Å². The van der Waals surface area contributed by atoms with Gasteiger partial charge in [0.2, 0.25) is 0 Å². The summed E-state index contributed by atoms with van der Waals surface area (Å²) in [6.45, 7) is 9.03. The van der Waals surface area contributed by atoms with E-state index in [9.17, 15) is 0 Å². The number of nitrogens with one attached hydrogen (secondary N) is 1. The molecule has 0 amide bonds. The predicted octanol–water partition coefficient (Wildman–Crippen LogP) is 2.37. The smallest absolute Gasteiger partial charge is 0.000506 e. The Balaban J connectivity index is 2.19. The first kappa shape index (κ1) is 9.72. The van der Waals surface area contributed by atoms with Crippen LogP contribution in [0.2, 0.25) is 0 Å². The van der Waals surface area contributed by atoms with Crippen LogP contribution in [0.15, 0.2) is 12.1 Å². The molecule has 2 rings (SSSR count). The van der Waals surface area contributed by atoms with E-state index in [1.807, 2.05) is 0 Å². The van der Waals surface area contributed by atoms with E-state index in [2.05, 4.69) is 38.2 Å². The number of benzene rings is 1. The highest BCUT2D eigenvalue weighted by Crippen LogP contribution is 2.20. The summed E-state index contributed by atoms with van der Waals surface area (Å²) in [6, 6.07) is 4.68. The van der Waals surface area contributed by atoms with E-state index in [4.69, 9.17) is 0 Å². The van der Waals surface area contributed by atoms with Crippen LogP contribution in [0.1, 0.15) is 22.3 Å². The third kappa shape index (κ3) is 1.83. The molecule has 1 saturated heterocycles. The third-order valence-electron chi connectivity index (χ3n) is 3.33. The van der Waals surface area contributed by atoms with Crippen molar-refractivity contribution in [3.05, 3.63) is 34.4 Å². The van der Waals surface area contributed by atoms with Crippen molar-refractivity contribution in [3.8, 4) is 0 Å². The molecule has 76 valence electrons. The zero-order valence-electron chi connectivity index (χ0n) is 9.35. The van der Waals surface area contributed by atoms with Crippen LogP contribution in [0.4, 0.5) is 0 Å². The predicted molar refractivity (Wildman–Crippen MR) is 60.7 cm³/mol. The van der Waals surface area contributed by atoms with Gasteiger partial charge in [0.1, 0.15) is 0 Å². The lowest BCUT2D eigenvalue weighted by Crippen LogP contribution is -2.43. The van der Waals surface area contributed by atoms with E-state index in [0.717, 1.165) is 5.92 Å². The summed E-state index contributed by atoms with van der Waals surface area (Å²) in [5, 5.41) is 3.33. The van der Waals surface area contributed by atoms with Crippen molar-refractivity contribution in [1.29, 1.82) is 0 Å². The highest BCUT2D eigenvalue weighted by Gasteiger charge is 2.17. The quantitative estimate of drug-likeness (QED) is 0.753. The van der Waals surface area contributed by atoms with Gasteiger partial charge < -0.3 is 5.32 Å². The van der Waals surface area contributed by atoms with Gasteiger partial charge in [0.15, 0.2) is 0 Å². The highest BCUT2D eigenvalue weighted by molar-refractivity contribution is 5.36. The molecule has 1 aromatic carbocycles. The van der Waals surface area contributed by atoms with Gasteiger partial charge in [0, 0.05) is 0 Å². The Labute approximate surface area is 86.5 Å². The minimum atomic E-state index is 0.871. The van der Waals surface area contributed by atoms with E-state index >= 15 is 0 Å². The minimum absolute atomic E-state index is 0.871. The molecule has 1 heteroatoms. The molecule has 1 heterocycles. The summed E-state index contributed by atoms with van der Waals surface area (Å²) in [6.07, 6.45) is 1.25. The standard InChI is InChI=1S/C13H19N/c1-9-4-11(3)13(5-10(9)2)6-12-7-14-8-12/h4-5,12,14H,6-8H2,1-3H3. The van der Waals surface area contributed by atoms with Crippen molar-refractivity contribution in [2.45, 2.75) is 27.2 Å². The fourth-order valence-electron chi connectivity index (χ4n) is 2.04. The molecular weight excluding hydrogens is 170 g/mol. The summed E-state index contributed by atoms with van der Waals surface area (Å²) >= 11 is 0. The Morgan fingerprint density at radius 2 is 1.71 bits per heavy atom. The van der Waals surface area contributed by atoms with Gasteiger partial charge in [-0.25, -0.2) is 0 Å². The van der Waals surface area contributed by atoms with Gasteiger partial charge in [-0.1, -0.05) is 12.1 Å². The van der Waals surface area contributed by atoms with Crippen LogP contribution < -0.4 is 5.32 Å². The van der Waals surface area contributed by atoms with Gasteiger partial charge in [-0.3, -0.25) is 0 Å². The fraction of sp³-hybridized carbons (Fsp3) is 0.538. The summed E-state index contributed by atoms with van der Waals surface area (Å²) in [5.41, 5.74) is 5.84. The number of hydrogen-bond acceptors (Lipinski definition) is 1. The molecule has 0 atom stereocenters. The van der Waals surface area contributed by atoms with E-state index in [0.29, 0.717) is 0 Å². The molecule has 1 nitrogen and oxygen atoms in total. The Hall–Kier alpha value is -0.820. The van der Waals surface area contributed by atoms with Gasteiger partial charge in [-0.2, -0.15) is 0 Å². The van der Waals surface area contributed by atoms with Crippen LogP contribution in [0.5, 0.6) is 0 Å². The Kier molecular flexibility index (Phi) is 2.60. The van der Waals surface area contributed by atoms with Crippen LogP contribution in [-0.2, 0) is 6.42 Å². The molecule has 1 fully saturated rings. The highest BCUT2D eigenvalue weighted by atomic mass is 14.9. The molecular formula is C13H19N. The first-order chi connectivity index (χ1) is 6.66. The zero-order valence-corrected chi connectivity index (χ0v) is 9.35. The van der Waals surface area contributed by atoms with Crippen molar-refractivity contribution in [3.63, 3.8) is 0 Å². The molecule has 0 unspecified atom stereocenters. The van der Waals surface area contributed by atoms with Crippen molar-refractivity contribution in [2.24, 2.45) is 5.92 Å². The summed E-state index contributed by atoms with van der Waals surface area (Å²) in [5.74, 6) is 0.871. The average molecular weight is 189 g/mol. The van der Waals surface area contributed by atoms with Crippen LogP contribution in [0.3, 0.4) is 0 Å². The molecule has 0 radical (unpaired) electrons. The van der Waals surface area contributed by atoms with E-state index < -0.39 is 0 Å². The SMILES string of the molecule is Cc1cc(C)c(CC2CNC2)cc1C. The average Bonchev–Trinajstić information content (AvgIpc) is 2.06. The van der Waals surface area contributed by atoms with Gasteiger partial charge in [-0.15, -0.1) is 0 Å². The van der Waals surface area contributed by atoms with Crippen LogP contribution in [0, 0.1) is 26.7 Å². The third-order valence-corrected chi connectivity index (χ3v) is 3.33. The summed E-state index contributed by atoms with van der Waals surface area (Å²) < 4.78 is 0. The minimum Gasteiger partial charge on any atom is -0.316 e. The molecule has 0 aromatic heterocycles.